The van der Waals surface area contributed by atoms with E-state index in [1.54, 1.807) is 42.5 Å². The second-order valence-corrected chi connectivity index (χ2v) is 12.0. The van der Waals surface area contributed by atoms with Crippen molar-refractivity contribution in [1.29, 1.82) is 0 Å². The lowest BCUT2D eigenvalue weighted by Crippen LogP contribution is -2.60. The molecule has 2 aromatic carbocycles. The minimum Gasteiger partial charge on any atom is -0.504 e. The average molecular weight is 581 g/mol. The number of phenolic OH excluding ortho intramolecular Hbond substituents is 1. The summed E-state index contributed by atoms with van der Waals surface area (Å²) in [6.07, 6.45) is 3.67. The number of amides is 4. The van der Waals surface area contributed by atoms with Crippen LogP contribution >= 0.6 is 23.2 Å². The van der Waals surface area contributed by atoms with E-state index in [4.69, 9.17) is 27.9 Å². The molecule has 206 valence electrons. The van der Waals surface area contributed by atoms with Gasteiger partial charge in [0, 0.05) is 13.0 Å². The van der Waals surface area contributed by atoms with Crippen molar-refractivity contribution in [2.24, 2.45) is 17.8 Å². The number of carbonyl (C=O) groups excluding carboxylic acids is 4. The molecule has 2 aromatic rings. The molecule has 3 fully saturated rings. The van der Waals surface area contributed by atoms with E-state index in [2.05, 4.69) is 6.58 Å². The molecular formula is C30H26Cl2N2O6. The predicted octanol–water partition coefficient (Wildman–Crippen LogP) is 4.24. The zero-order valence-corrected chi connectivity index (χ0v) is 23.3. The fourth-order valence-corrected chi connectivity index (χ4v) is 8.04. The number of halogens is 2. The van der Waals surface area contributed by atoms with Crippen LogP contribution in [0.4, 0.5) is 5.69 Å². The molecule has 8 nitrogen and oxygen atoms in total. The molecule has 6 rings (SSSR count). The van der Waals surface area contributed by atoms with Gasteiger partial charge in [-0.1, -0.05) is 42.5 Å². The summed E-state index contributed by atoms with van der Waals surface area (Å²) in [5.41, 5.74) is 2.39. The summed E-state index contributed by atoms with van der Waals surface area (Å²) in [4.78, 5) is 53.1. The molecule has 1 saturated carbocycles. The number of rotatable bonds is 4. The largest absolute Gasteiger partial charge is 0.504 e. The van der Waals surface area contributed by atoms with Crippen molar-refractivity contribution >= 4 is 58.6 Å². The quantitative estimate of drug-likeness (QED) is 0.329. The molecule has 6 atom stereocenters. The van der Waals surface area contributed by atoms with Gasteiger partial charge in [0.15, 0.2) is 21.2 Å². The van der Waals surface area contributed by atoms with Crippen molar-refractivity contribution in [2.75, 3.05) is 19.1 Å². The number of imide groups is 2. The van der Waals surface area contributed by atoms with Gasteiger partial charge in [0.25, 0.3) is 11.8 Å². The molecule has 2 aliphatic carbocycles. The van der Waals surface area contributed by atoms with Crippen LogP contribution in [0.3, 0.4) is 0 Å². The zero-order chi connectivity index (χ0) is 28.7. The Morgan fingerprint density at radius 2 is 1.73 bits per heavy atom. The Labute approximate surface area is 240 Å². The van der Waals surface area contributed by atoms with Gasteiger partial charge in [0.2, 0.25) is 11.8 Å². The third-order valence-corrected chi connectivity index (χ3v) is 10.4. The summed E-state index contributed by atoms with van der Waals surface area (Å²) in [7, 11) is 2.75. The van der Waals surface area contributed by atoms with E-state index in [1.807, 2.05) is 6.08 Å². The number of nitrogens with zero attached hydrogens (tertiary/aromatic N) is 2. The molecule has 2 heterocycles. The first-order valence-corrected chi connectivity index (χ1v) is 13.6. The van der Waals surface area contributed by atoms with Crippen LogP contribution in [0.15, 0.2) is 60.7 Å². The first-order valence-electron chi connectivity index (χ1n) is 12.9. The maximum absolute atomic E-state index is 14.0. The topological polar surface area (TPSA) is 104 Å². The van der Waals surface area contributed by atoms with Crippen LogP contribution in [0.25, 0.3) is 6.08 Å². The Bertz CT molecular complexity index is 1540. The third kappa shape index (κ3) is 3.26. The number of phenols is 1. The minimum atomic E-state index is -1.91. The first-order chi connectivity index (χ1) is 19.0. The Balaban J connectivity index is 1.50. The van der Waals surface area contributed by atoms with E-state index in [9.17, 15) is 24.3 Å². The van der Waals surface area contributed by atoms with Crippen molar-refractivity contribution < 1.29 is 29.0 Å². The van der Waals surface area contributed by atoms with Gasteiger partial charge in [-0.25, -0.2) is 0 Å². The summed E-state index contributed by atoms with van der Waals surface area (Å²) >= 11 is 14.3. The highest BCUT2D eigenvalue weighted by molar-refractivity contribution is 6.53. The maximum Gasteiger partial charge on any atom is 0.253 e. The lowest BCUT2D eigenvalue weighted by Gasteiger charge is -2.50. The number of carbonyl (C=O) groups is 4. The minimum absolute atomic E-state index is 0.0964. The van der Waals surface area contributed by atoms with E-state index < -0.39 is 45.2 Å². The van der Waals surface area contributed by atoms with Crippen molar-refractivity contribution in [3.8, 4) is 11.5 Å². The number of alkyl halides is 2. The lowest BCUT2D eigenvalue weighted by molar-refractivity contribution is -0.138. The molecule has 40 heavy (non-hydrogen) atoms. The van der Waals surface area contributed by atoms with Crippen LogP contribution in [0, 0.1) is 17.8 Å². The van der Waals surface area contributed by atoms with Crippen molar-refractivity contribution in [2.45, 2.75) is 28.5 Å². The summed E-state index contributed by atoms with van der Waals surface area (Å²) in [6, 6.07) is 11.6. The molecule has 4 aliphatic rings. The van der Waals surface area contributed by atoms with Crippen LogP contribution in [-0.4, -0.2) is 57.5 Å². The Morgan fingerprint density at radius 1 is 1.02 bits per heavy atom. The Morgan fingerprint density at radius 3 is 2.35 bits per heavy atom. The molecule has 0 bridgehead atoms. The van der Waals surface area contributed by atoms with Crippen LogP contribution in [-0.2, 0) is 19.2 Å². The molecule has 0 aromatic heterocycles. The summed E-state index contributed by atoms with van der Waals surface area (Å²) < 4.78 is 5.19. The number of anilines is 1. The molecule has 2 aliphatic heterocycles. The molecule has 0 radical (unpaired) electrons. The number of hydrogen-bond acceptors (Lipinski definition) is 6. The Hall–Kier alpha value is -3.62. The molecule has 4 amide bonds. The number of benzene rings is 2. The van der Waals surface area contributed by atoms with Gasteiger partial charge in [-0.15, -0.1) is 23.2 Å². The summed E-state index contributed by atoms with van der Waals surface area (Å²) in [6.45, 7) is 3.74. The number of aromatic hydroxyl groups is 1. The van der Waals surface area contributed by atoms with E-state index in [1.165, 1.54) is 25.1 Å². The van der Waals surface area contributed by atoms with E-state index >= 15 is 0 Å². The van der Waals surface area contributed by atoms with E-state index in [0.29, 0.717) is 16.8 Å². The average Bonchev–Trinajstić information content (AvgIpc) is 3.28. The van der Waals surface area contributed by atoms with Gasteiger partial charge in [-0.3, -0.25) is 29.0 Å². The van der Waals surface area contributed by atoms with Crippen LogP contribution < -0.4 is 9.64 Å². The SMILES string of the molecule is C=Cc1ccc(N2C(=O)C3CC=C4C(CC5(Cl)C(=O)N(C)C(=O)C5(Cl)C4c4ccc(OC)c(O)c4)C3C2=O)cc1. The van der Waals surface area contributed by atoms with Gasteiger partial charge >= 0.3 is 0 Å². The van der Waals surface area contributed by atoms with Crippen molar-refractivity contribution in [3.05, 3.63) is 71.8 Å². The highest BCUT2D eigenvalue weighted by Gasteiger charge is 2.75. The molecule has 0 spiro atoms. The van der Waals surface area contributed by atoms with Crippen LogP contribution in [0.1, 0.15) is 29.9 Å². The van der Waals surface area contributed by atoms with E-state index in [-0.39, 0.29) is 36.2 Å². The highest BCUT2D eigenvalue weighted by Crippen LogP contribution is 2.65. The summed E-state index contributed by atoms with van der Waals surface area (Å²) in [5, 5.41) is 10.6. The van der Waals surface area contributed by atoms with E-state index in [0.717, 1.165) is 10.5 Å². The van der Waals surface area contributed by atoms with Gasteiger partial charge < -0.3 is 9.84 Å². The fraction of sp³-hybridized carbons (Fsp3) is 0.333. The number of methoxy groups -OCH3 is 1. The van der Waals surface area contributed by atoms with Gasteiger partial charge in [0.1, 0.15) is 0 Å². The normalized spacial score (nSPS) is 33.0. The first kappa shape index (κ1) is 26.6. The van der Waals surface area contributed by atoms with Crippen LogP contribution in [0.5, 0.6) is 11.5 Å². The number of likely N-dealkylation sites (tertiary alicyclic amines) is 1. The zero-order valence-electron chi connectivity index (χ0n) is 21.8. The smallest absolute Gasteiger partial charge is 0.253 e. The number of fused-ring (bicyclic) bond motifs is 4. The standard InChI is InChI=1S/C30H26Cl2N2O6/c1-4-15-5-8-17(9-6-15)34-25(36)19-11-10-18-20(23(19)26(34)37)14-29(31)27(38)33(2)28(39)30(29,32)24(18)16-7-12-22(40-3)21(35)13-16/h4-10,12-13,19-20,23-24,35H,1,11,14H2,2-3H3. The van der Waals surface area contributed by atoms with Crippen LogP contribution in [0.2, 0.25) is 0 Å². The highest BCUT2D eigenvalue weighted by atomic mass is 35.5. The second-order valence-electron chi connectivity index (χ2n) is 10.7. The summed E-state index contributed by atoms with van der Waals surface area (Å²) in [5.74, 6) is -5.04. The fourth-order valence-electron chi connectivity index (χ4n) is 7.02. The van der Waals surface area contributed by atoms with Crippen molar-refractivity contribution in [3.63, 3.8) is 0 Å². The van der Waals surface area contributed by atoms with Crippen molar-refractivity contribution in [1.82, 2.24) is 4.90 Å². The number of hydrogen-bond donors (Lipinski definition) is 1. The number of ether oxygens (including phenoxy) is 1. The second kappa shape index (κ2) is 8.94. The van der Waals surface area contributed by atoms with Gasteiger partial charge in [-0.2, -0.15) is 0 Å². The monoisotopic (exact) mass is 580 g/mol. The van der Waals surface area contributed by atoms with Gasteiger partial charge in [-0.05, 0) is 54.2 Å². The number of allylic oxidation sites excluding steroid dienone is 2. The third-order valence-electron chi connectivity index (χ3n) is 8.94. The molecule has 1 N–H and O–H groups in total. The Kier molecular flexibility index (Phi) is 5.95. The molecule has 10 heteroatoms. The lowest BCUT2D eigenvalue weighted by atomic mass is 9.56. The molecule has 6 unspecified atom stereocenters. The predicted molar refractivity (Wildman–Crippen MR) is 149 cm³/mol. The molecule has 2 saturated heterocycles. The molecular weight excluding hydrogens is 555 g/mol. The van der Waals surface area contributed by atoms with Gasteiger partial charge in [0.05, 0.1) is 24.6 Å². The maximum atomic E-state index is 14.0.